The number of hydrogen-bond donors (Lipinski definition) is 3. The number of benzene rings is 1. The van der Waals surface area contributed by atoms with Crippen molar-refractivity contribution in [3.8, 4) is 6.07 Å². The van der Waals surface area contributed by atoms with E-state index in [0.29, 0.717) is 0 Å². The quantitative estimate of drug-likeness (QED) is 0.534. The van der Waals surface area contributed by atoms with Crippen molar-refractivity contribution in [1.82, 2.24) is 0 Å². The first-order valence-electron chi connectivity index (χ1n) is 6.31. The molecule has 0 unspecified atom stereocenters. The summed E-state index contributed by atoms with van der Waals surface area (Å²) in [5.41, 5.74) is -1.48. The van der Waals surface area contributed by atoms with Crippen molar-refractivity contribution in [1.29, 1.82) is 5.26 Å². The molecule has 1 saturated carbocycles. The summed E-state index contributed by atoms with van der Waals surface area (Å²) < 4.78 is 5.14. The van der Waals surface area contributed by atoms with Crippen LogP contribution in [0.15, 0.2) is 42.5 Å². The number of carbonyl (C=O) groups is 1. The smallest absolute Gasteiger partial charge is 0.338 e. The van der Waals surface area contributed by atoms with Gasteiger partial charge in [0.1, 0.15) is 17.6 Å². The highest BCUT2D eigenvalue weighted by atomic mass is 16.6. The minimum atomic E-state index is -1.74. The Morgan fingerprint density at radius 1 is 1.38 bits per heavy atom. The van der Waals surface area contributed by atoms with E-state index in [-0.39, 0.29) is 11.1 Å². The molecule has 4 atom stereocenters. The third-order valence-electron chi connectivity index (χ3n) is 3.75. The summed E-state index contributed by atoms with van der Waals surface area (Å²) in [5, 5.41) is 38.4. The van der Waals surface area contributed by atoms with Gasteiger partial charge in [0.05, 0.1) is 18.2 Å². The van der Waals surface area contributed by atoms with Gasteiger partial charge >= 0.3 is 5.97 Å². The molecule has 3 N–H and O–H groups in total. The van der Waals surface area contributed by atoms with Crippen molar-refractivity contribution >= 4 is 5.97 Å². The minimum absolute atomic E-state index is 0.0169. The van der Waals surface area contributed by atoms with Gasteiger partial charge in [0.25, 0.3) is 0 Å². The number of aliphatic hydroxyl groups excluding tert-OH is 3. The van der Waals surface area contributed by atoms with Crippen molar-refractivity contribution in [3.63, 3.8) is 0 Å². The van der Waals surface area contributed by atoms with E-state index in [2.05, 4.69) is 6.58 Å². The van der Waals surface area contributed by atoms with E-state index in [0.717, 1.165) is 0 Å². The van der Waals surface area contributed by atoms with Crippen LogP contribution in [0.1, 0.15) is 10.4 Å². The third-order valence-corrected chi connectivity index (χ3v) is 3.75. The summed E-state index contributed by atoms with van der Waals surface area (Å²) in [6, 6.07) is 9.85. The third kappa shape index (κ3) is 2.32. The zero-order chi connectivity index (χ0) is 15.6. The molecule has 6 nitrogen and oxygen atoms in total. The zero-order valence-corrected chi connectivity index (χ0v) is 11.1. The monoisotopic (exact) mass is 289 g/mol. The van der Waals surface area contributed by atoms with Crippen molar-refractivity contribution < 1.29 is 24.9 Å². The summed E-state index contributed by atoms with van der Waals surface area (Å²) >= 11 is 0. The van der Waals surface area contributed by atoms with Crippen LogP contribution < -0.4 is 0 Å². The first kappa shape index (κ1) is 15.2. The molecule has 1 aromatic carbocycles. The number of nitriles is 1. The second-order valence-corrected chi connectivity index (χ2v) is 4.89. The Balaban J connectivity index is 2.24. The minimum Gasteiger partial charge on any atom is -0.451 e. The number of aliphatic hydroxyl groups is 3. The standard InChI is InChI=1S/C15H15NO5/c1-9-12(11(18)13(19)15(9,7-16)8-17)21-14(20)10-5-3-2-4-6-10/h2-6,11-13,17-19H,1,8H2/t11-,12-,13-,15-/m0/s1. The second-order valence-electron chi connectivity index (χ2n) is 4.89. The molecule has 0 heterocycles. The van der Waals surface area contributed by atoms with E-state index in [1.54, 1.807) is 24.3 Å². The Hall–Kier alpha value is -2.20. The molecule has 1 aliphatic rings. The van der Waals surface area contributed by atoms with Crippen molar-refractivity contribution in [2.24, 2.45) is 5.41 Å². The molecule has 2 rings (SSSR count). The summed E-state index contributed by atoms with van der Waals surface area (Å²) in [4.78, 5) is 12.0. The lowest BCUT2D eigenvalue weighted by Crippen LogP contribution is -2.39. The van der Waals surface area contributed by atoms with Gasteiger partial charge < -0.3 is 20.1 Å². The predicted octanol–water partition coefficient (Wildman–Crippen LogP) is 0.00588. The molecule has 0 radical (unpaired) electrons. The number of rotatable bonds is 3. The second kappa shape index (κ2) is 5.66. The van der Waals surface area contributed by atoms with Crippen LogP contribution in [0.4, 0.5) is 0 Å². The van der Waals surface area contributed by atoms with Crippen LogP contribution in [0.3, 0.4) is 0 Å². The topological polar surface area (TPSA) is 111 Å². The van der Waals surface area contributed by atoms with Gasteiger partial charge in [-0.05, 0) is 17.7 Å². The average Bonchev–Trinajstić information content (AvgIpc) is 2.70. The number of carbonyl (C=O) groups excluding carboxylic acids is 1. The first-order chi connectivity index (χ1) is 9.97. The summed E-state index contributed by atoms with van der Waals surface area (Å²) in [5.74, 6) is -0.709. The maximum absolute atomic E-state index is 12.0. The molecule has 0 spiro atoms. The summed E-state index contributed by atoms with van der Waals surface area (Å²) in [6.45, 7) is 2.88. The van der Waals surface area contributed by atoms with Gasteiger partial charge in [-0.25, -0.2) is 4.79 Å². The lowest BCUT2D eigenvalue weighted by Gasteiger charge is -2.23. The highest BCUT2D eigenvalue weighted by Gasteiger charge is 2.57. The maximum Gasteiger partial charge on any atom is 0.338 e. The zero-order valence-electron chi connectivity index (χ0n) is 11.1. The molecular formula is C15H15NO5. The fourth-order valence-corrected chi connectivity index (χ4v) is 2.37. The number of nitrogens with zero attached hydrogens (tertiary/aromatic N) is 1. The van der Waals surface area contributed by atoms with E-state index in [1.165, 1.54) is 12.1 Å². The van der Waals surface area contributed by atoms with Crippen molar-refractivity contribution in [3.05, 3.63) is 48.0 Å². The van der Waals surface area contributed by atoms with Crippen LogP contribution in [0.25, 0.3) is 0 Å². The highest BCUT2D eigenvalue weighted by Crippen LogP contribution is 2.43. The molecule has 21 heavy (non-hydrogen) atoms. The molecule has 1 fully saturated rings. The van der Waals surface area contributed by atoms with Crippen LogP contribution in [0.2, 0.25) is 0 Å². The van der Waals surface area contributed by atoms with Crippen LogP contribution in [-0.4, -0.2) is 46.2 Å². The molecule has 0 aromatic heterocycles. The van der Waals surface area contributed by atoms with E-state index in [4.69, 9.17) is 10.00 Å². The number of esters is 1. The molecule has 1 aromatic rings. The van der Waals surface area contributed by atoms with E-state index in [9.17, 15) is 20.1 Å². The molecule has 0 bridgehead atoms. The largest absolute Gasteiger partial charge is 0.451 e. The van der Waals surface area contributed by atoms with E-state index in [1.807, 2.05) is 0 Å². The fourth-order valence-electron chi connectivity index (χ4n) is 2.37. The maximum atomic E-state index is 12.0. The highest BCUT2D eigenvalue weighted by molar-refractivity contribution is 5.89. The number of ether oxygens (including phenoxy) is 1. The molecule has 0 aliphatic heterocycles. The van der Waals surface area contributed by atoms with Crippen LogP contribution in [-0.2, 0) is 4.74 Å². The Kier molecular flexibility index (Phi) is 4.09. The lowest BCUT2D eigenvalue weighted by molar-refractivity contribution is -0.0503. The van der Waals surface area contributed by atoms with Gasteiger partial charge in [0, 0.05) is 0 Å². The number of hydrogen-bond acceptors (Lipinski definition) is 6. The summed E-state index contributed by atoms with van der Waals surface area (Å²) in [6.07, 6.45) is -4.34. The van der Waals surface area contributed by atoms with Crippen LogP contribution in [0.5, 0.6) is 0 Å². The van der Waals surface area contributed by atoms with E-state index >= 15 is 0 Å². The van der Waals surface area contributed by atoms with Crippen molar-refractivity contribution in [2.75, 3.05) is 6.61 Å². The molecule has 1 aliphatic carbocycles. The van der Waals surface area contributed by atoms with Gasteiger partial charge in [0.2, 0.25) is 0 Å². The predicted molar refractivity (Wildman–Crippen MR) is 71.9 cm³/mol. The van der Waals surface area contributed by atoms with Gasteiger partial charge in [-0.3, -0.25) is 0 Å². The van der Waals surface area contributed by atoms with Crippen LogP contribution >= 0.6 is 0 Å². The lowest BCUT2D eigenvalue weighted by atomic mass is 9.83. The van der Waals surface area contributed by atoms with Crippen LogP contribution in [0, 0.1) is 16.7 Å². The molecule has 0 saturated heterocycles. The van der Waals surface area contributed by atoms with Gasteiger partial charge in [-0.15, -0.1) is 0 Å². The fraction of sp³-hybridized carbons (Fsp3) is 0.333. The SMILES string of the molecule is C=C1[C@H](OC(=O)c2ccccc2)[C@H](O)[C@H](O)[C@@]1(C#N)CO. The van der Waals surface area contributed by atoms with Gasteiger partial charge in [0.15, 0.2) is 6.10 Å². The Labute approximate surface area is 121 Å². The average molecular weight is 289 g/mol. The first-order valence-corrected chi connectivity index (χ1v) is 6.31. The Bertz CT molecular complexity index is 594. The van der Waals surface area contributed by atoms with Gasteiger partial charge in [-0.1, -0.05) is 24.8 Å². The van der Waals surface area contributed by atoms with E-state index < -0.39 is 36.3 Å². The van der Waals surface area contributed by atoms with Gasteiger partial charge in [-0.2, -0.15) is 5.26 Å². The van der Waals surface area contributed by atoms with Crippen molar-refractivity contribution in [2.45, 2.75) is 18.3 Å². The molecule has 0 amide bonds. The Morgan fingerprint density at radius 3 is 2.48 bits per heavy atom. The Morgan fingerprint density at radius 2 is 2.00 bits per heavy atom. The normalized spacial score (nSPS) is 31.7. The summed E-state index contributed by atoms with van der Waals surface area (Å²) in [7, 11) is 0. The molecule has 6 heteroatoms. The molecular weight excluding hydrogens is 274 g/mol. The molecule has 110 valence electrons.